The molecule has 0 spiro atoms. The van der Waals surface area contributed by atoms with Gasteiger partial charge < -0.3 is 43.9 Å². The van der Waals surface area contributed by atoms with Crippen molar-refractivity contribution in [3.05, 3.63) is 174 Å². The Labute approximate surface area is 657 Å². The van der Waals surface area contributed by atoms with Crippen molar-refractivity contribution in [3.8, 4) is 0 Å². The van der Waals surface area contributed by atoms with Crippen LogP contribution in [0.3, 0.4) is 0 Å². The van der Waals surface area contributed by atoms with Crippen molar-refractivity contribution in [3.63, 3.8) is 0 Å². The zero-order valence-electron chi connectivity index (χ0n) is 65.8. The van der Waals surface area contributed by atoms with Gasteiger partial charge in [-0.25, -0.2) is 29.9 Å². The van der Waals surface area contributed by atoms with Crippen LogP contribution < -0.4 is 0 Å². The van der Waals surface area contributed by atoms with Crippen LogP contribution in [0.15, 0.2) is 116 Å². The summed E-state index contributed by atoms with van der Waals surface area (Å²) in [6.45, 7) is 38.9. The van der Waals surface area contributed by atoms with E-state index in [1.165, 1.54) is 31.1 Å². The van der Waals surface area contributed by atoms with Crippen molar-refractivity contribution in [2.75, 3.05) is 119 Å². The van der Waals surface area contributed by atoms with Gasteiger partial charge in [0.2, 0.25) is 0 Å². The predicted octanol–water partition coefficient (Wildman–Crippen LogP) is 12.2. The normalized spacial score (nSPS) is 21.0. The maximum Gasteiger partial charge on any atom is 0.416 e. The molecule has 0 saturated carbocycles. The van der Waals surface area contributed by atoms with Crippen LogP contribution >= 0.6 is 31.9 Å². The average Bonchev–Trinajstić information content (AvgIpc) is 0.786. The molecule has 588 valence electrons. The van der Waals surface area contributed by atoms with Gasteiger partial charge in [0.25, 0.3) is 17.7 Å². The molecular formula is C80H107Br2F3N18O6. The van der Waals surface area contributed by atoms with Crippen molar-refractivity contribution in [2.24, 2.45) is 15.5 Å². The van der Waals surface area contributed by atoms with Crippen LogP contribution in [-0.2, 0) is 20.7 Å². The largest absolute Gasteiger partial charge is 0.416 e. The molecule has 6 fully saturated rings. The van der Waals surface area contributed by atoms with E-state index in [-0.39, 0.29) is 52.5 Å². The van der Waals surface area contributed by atoms with Crippen LogP contribution in [0.1, 0.15) is 174 Å². The van der Waals surface area contributed by atoms with Gasteiger partial charge in [0.1, 0.15) is 39.8 Å². The Morgan fingerprint density at radius 1 is 0.431 bits per heavy atom. The Morgan fingerprint density at radius 2 is 0.688 bits per heavy atom. The molecule has 0 bridgehead atoms. The molecule has 3 amide bonds. The van der Waals surface area contributed by atoms with Gasteiger partial charge in [-0.1, -0.05) is 83.7 Å². The number of piperidine rings is 3. The zero-order valence-corrected chi connectivity index (χ0v) is 69.0. The Morgan fingerprint density at radius 3 is 0.927 bits per heavy atom. The number of aryl methyl sites for hydroxylation is 6. The van der Waals surface area contributed by atoms with E-state index in [2.05, 4.69) is 172 Å². The highest BCUT2D eigenvalue weighted by atomic mass is 79.9. The zero-order chi connectivity index (χ0) is 78.7. The molecule has 3 atom stereocenters. The monoisotopic (exact) mass is 1630 g/mol. The SMILES string of the molecule is CCON=C(c1ccc(C(F)(F)F)cc1)N1CCN(C2(C)CCN(C(=O)c3c(C)ncnc3C)CC2)C[C@@H]1C.CON=C(c1ccc(Br)cc1)N1CCN(C2(C)CCN(C(=O)c3c(C)ncnc3C)CC2)C[C@@H]1C.CON=C(c1ccc(Br)cc1)N1CCN(C2(C)CCN(C(=O)c3c(C)ncnc3C)CC2)C[C@@H]1C. The molecule has 0 unspecified atom stereocenters. The summed E-state index contributed by atoms with van der Waals surface area (Å²) in [5.41, 5.74) is 8.32. The van der Waals surface area contributed by atoms with Crippen LogP contribution in [0.4, 0.5) is 13.2 Å². The molecule has 6 aliphatic heterocycles. The maximum absolute atomic E-state index is 13.2. The summed E-state index contributed by atoms with van der Waals surface area (Å²) >= 11 is 7.02. The van der Waals surface area contributed by atoms with Crippen LogP contribution in [0, 0.1) is 41.5 Å². The third kappa shape index (κ3) is 19.6. The standard InChI is InChI=1S/C28H37F3N6O2.2C26H35BrN6O2/c1-6-39-34-25(22-7-9-23(10-8-22)28(29,30)31)37-16-15-36(17-19(37)2)27(5)11-13-35(14-12-27)26(38)24-20(3)32-18-33-21(24)4;2*1-18-16-32(14-15-33(18)24(30-35-5)21-6-8-22(27)9-7-21)26(4)10-12-31(13-11-26)25(34)23-19(2)28-17-29-20(23)3/h7-10,18-19H,6,11-17H2,1-5H3;2*6-9,17-18H,10-16H2,1-5H3/t19-;2*18-/m000/s1. The molecule has 0 radical (unpaired) electrons. The van der Waals surface area contributed by atoms with Crippen molar-refractivity contribution in [2.45, 2.75) is 169 Å². The summed E-state index contributed by atoms with van der Waals surface area (Å²) in [6, 6.07) is 22.1. The number of carbonyl (C=O) groups excluding carboxylic acids is 3. The van der Waals surface area contributed by atoms with Crippen molar-refractivity contribution >= 4 is 67.1 Å². The second-order valence-corrected chi connectivity index (χ2v) is 32.0. The van der Waals surface area contributed by atoms with E-state index in [0.717, 1.165) is 184 Å². The van der Waals surface area contributed by atoms with Gasteiger partial charge in [-0.15, -0.1) is 0 Å². The third-order valence-corrected chi connectivity index (χ3v) is 24.1. The second kappa shape index (κ2) is 36.3. The summed E-state index contributed by atoms with van der Waals surface area (Å²) < 4.78 is 41.3. The molecule has 24 nitrogen and oxygen atoms in total. The molecule has 0 N–H and O–H groups in total. The first-order valence-corrected chi connectivity index (χ1v) is 39.4. The molecular weight excluding hydrogens is 1530 g/mol. The highest BCUT2D eigenvalue weighted by Crippen LogP contribution is 2.37. The number of hydrogen-bond donors (Lipinski definition) is 0. The molecule has 6 aromatic rings. The van der Waals surface area contributed by atoms with Gasteiger partial charge in [-0.2, -0.15) is 13.2 Å². The van der Waals surface area contributed by atoms with E-state index in [0.29, 0.717) is 65.7 Å². The minimum absolute atomic E-state index is 0.0147. The number of carbonyl (C=O) groups is 3. The first-order chi connectivity index (χ1) is 51.9. The number of likely N-dealkylation sites (tertiary alicyclic amines) is 3. The Bertz CT molecular complexity index is 3970. The number of oxime groups is 3. The van der Waals surface area contributed by atoms with E-state index in [4.69, 9.17) is 14.5 Å². The highest BCUT2D eigenvalue weighted by molar-refractivity contribution is 9.10. The number of halogens is 5. The van der Waals surface area contributed by atoms with Crippen LogP contribution in [-0.4, -0.2) is 263 Å². The first kappa shape index (κ1) is 83.2. The lowest BCUT2D eigenvalue weighted by Gasteiger charge is -2.52. The second-order valence-electron chi connectivity index (χ2n) is 30.2. The molecule has 12 rings (SSSR count). The number of hydrogen-bond acceptors (Lipinski definition) is 18. The topological polar surface area (TPSA) is 222 Å². The first-order valence-electron chi connectivity index (χ1n) is 37.8. The fraction of sp³-hybridized carbons (Fsp3) is 0.550. The average molecular weight is 1630 g/mol. The van der Waals surface area contributed by atoms with Crippen LogP contribution in [0.5, 0.6) is 0 Å². The fourth-order valence-corrected chi connectivity index (χ4v) is 16.6. The smallest absolute Gasteiger partial charge is 0.397 e. The third-order valence-electron chi connectivity index (χ3n) is 23.0. The van der Waals surface area contributed by atoms with Gasteiger partial charge in [0.15, 0.2) is 17.5 Å². The maximum atomic E-state index is 13.2. The molecule has 109 heavy (non-hydrogen) atoms. The summed E-state index contributed by atoms with van der Waals surface area (Å²) in [5.74, 6) is 2.37. The Balaban J connectivity index is 0.000000175. The molecule has 3 aromatic carbocycles. The lowest BCUT2D eigenvalue weighted by molar-refractivity contribution is -0.137. The summed E-state index contributed by atoms with van der Waals surface area (Å²) in [4.78, 5) is 101. The number of alkyl halides is 3. The number of amides is 3. The van der Waals surface area contributed by atoms with Gasteiger partial charge in [0, 0.05) is 159 Å². The van der Waals surface area contributed by atoms with E-state index >= 15 is 0 Å². The minimum Gasteiger partial charge on any atom is -0.397 e. The Hall–Kier alpha value is -8.25. The van der Waals surface area contributed by atoms with Crippen molar-refractivity contribution in [1.29, 1.82) is 0 Å². The molecule has 9 heterocycles. The molecule has 29 heteroatoms. The summed E-state index contributed by atoms with van der Waals surface area (Å²) in [7, 11) is 3.20. The number of aromatic nitrogens is 6. The molecule has 6 aliphatic rings. The number of nitrogens with zero attached hydrogens (tertiary/aromatic N) is 18. The van der Waals surface area contributed by atoms with Crippen LogP contribution in [0.2, 0.25) is 0 Å². The quantitative estimate of drug-likeness (QED) is 0.0595. The molecule has 3 aromatic heterocycles. The molecule has 0 aliphatic carbocycles. The van der Waals surface area contributed by atoms with E-state index in [1.807, 2.05) is 87.4 Å². The number of rotatable bonds is 13. The van der Waals surface area contributed by atoms with Gasteiger partial charge in [0.05, 0.1) is 56.4 Å². The van der Waals surface area contributed by atoms with E-state index in [9.17, 15) is 27.6 Å². The van der Waals surface area contributed by atoms with E-state index < -0.39 is 11.7 Å². The van der Waals surface area contributed by atoms with Gasteiger partial charge in [-0.05, 0) is 165 Å². The number of benzene rings is 3. The predicted molar refractivity (Wildman–Crippen MR) is 423 cm³/mol. The van der Waals surface area contributed by atoms with E-state index in [1.54, 1.807) is 14.2 Å². The summed E-state index contributed by atoms with van der Waals surface area (Å²) in [5, 5.41) is 13.1. The van der Waals surface area contributed by atoms with Crippen LogP contribution in [0.25, 0.3) is 0 Å². The lowest BCUT2D eigenvalue weighted by Crippen LogP contribution is -2.63. The van der Waals surface area contributed by atoms with Gasteiger partial charge in [-0.3, -0.25) is 29.1 Å². The van der Waals surface area contributed by atoms with Gasteiger partial charge >= 0.3 is 6.18 Å². The number of amidine groups is 3. The van der Waals surface area contributed by atoms with Crippen molar-refractivity contribution in [1.82, 2.24) is 74.0 Å². The highest BCUT2D eigenvalue weighted by Gasteiger charge is 2.45. The Kier molecular flexibility index (Phi) is 27.7. The molecule has 6 saturated heterocycles. The van der Waals surface area contributed by atoms with Crippen molar-refractivity contribution < 1.29 is 42.1 Å². The minimum atomic E-state index is -4.39. The summed E-state index contributed by atoms with van der Waals surface area (Å²) in [6.07, 6.45) is 5.61. The lowest BCUT2D eigenvalue weighted by atomic mass is 9.86. The fourth-order valence-electron chi connectivity index (χ4n) is 16.1. The number of piperazine rings is 3.